The molecule has 7 heteroatoms. The summed E-state index contributed by atoms with van der Waals surface area (Å²) in [6, 6.07) is 5.67. The first-order chi connectivity index (χ1) is 9.63. The van der Waals surface area contributed by atoms with Crippen LogP contribution in [0, 0.1) is 0 Å². The Bertz CT molecular complexity index is 416. The van der Waals surface area contributed by atoms with Crippen molar-refractivity contribution in [2.45, 2.75) is 6.61 Å². The number of benzene rings is 1. The van der Waals surface area contributed by atoms with E-state index in [1.807, 2.05) is 0 Å². The molecule has 1 rings (SSSR count). The van der Waals surface area contributed by atoms with Crippen LogP contribution in [0.4, 0.5) is 8.78 Å². The molecular weight excluding hydrogens is 270 g/mol. The molecule has 20 heavy (non-hydrogen) atoms. The smallest absolute Gasteiger partial charge is 0.387 e. The van der Waals surface area contributed by atoms with Gasteiger partial charge in [-0.05, 0) is 18.2 Å². The fourth-order valence-corrected chi connectivity index (χ4v) is 1.48. The highest BCUT2D eigenvalue weighted by Crippen LogP contribution is 2.15. The Balaban J connectivity index is 2.35. The molecule has 0 heterocycles. The maximum atomic E-state index is 12.1. The monoisotopic (exact) mass is 288 g/mol. The lowest BCUT2D eigenvalue weighted by Crippen LogP contribution is -2.33. The molecule has 0 aliphatic carbocycles. The molecule has 0 fully saturated rings. The van der Waals surface area contributed by atoms with Crippen molar-refractivity contribution >= 4 is 5.91 Å². The standard InChI is InChI=1S/C13H18F2N2O3/c1-19-8-7-16-5-6-17-12(18)10-3-2-4-11(9-10)20-13(14)15/h2-4,9,13,16H,5-8H2,1H3,(H,17,18). The van der Waals surface area contributed by atoms with Gasteiger partial charge in [0.2, 0.25) is 0 Å². The minimum absolute atomic E-state index is 0.0362. The van der Waals surface area contributed by atoms with Crippen LogP contribution in [-0.4, -0.2) is 45.9 Å². The maximum absolute atomic E-state index is 12.1. The van der Waals surface area contributed by atoms with Crippen molar-refractivity contribution in [3.63, 3.8) is 0 Å². The first kappa shape index (κ1) is 16.3. The number of ether oxygens (including phenoxy) is 2. The zero-order valence-electron chi connectivity index (χ0n) is 11.2. The van der Waals surface area contributed by atoms with E-state index >= 15 is 0 Å². The molecule has 0 aliphatic rings. The average Bonchev–Trinajstić information content (AvgIpc) is 2.42. The van der Waals surface area contributed by atoms with Gasteiger partial charge in [0, 0.05) is 32.3 Å². The minimum Gasteiger partial charge on any atom is -0.435 e. The van der Waals surface area contributed by atoms with Crippen LogP contribution >= 0.6 is 0 Å². The third-order valence-electron chi connectivity index (χ3n) is 2.39. The van der Waals surface area contributed by atoms with Crippen molar-refractivity contribution < 1.29 is 23.0 Å². The minimum atomic E-state index is -2.90. The van der Waals surface area contributed by atoms with Crippen molar-refractivity contribution in [1.29, 1.82) is 0 Å². The van der Waals surface area contributed by atoms with E-state index in [2.05, 4.69) is 15.4 Å². The van der Waals surface area contributed by atoms with Gasteiger partial charge in [0.1, 0.15) is 5.75 Å². The zero-order chi connectivity index (χ0) is 14.8. The van der Waals surface area contributed by atoms with Crippen molar-refractivity contribution in [3.8, 4) is 5.75 Å². The SMILES string of the molecule is COCCNCCNC(=O)c1cccc(OC(F)F)c1. The Morgan fingerprint density at radius 3 is 2.80 bits per heavy atom. The van der Waals surface area contributed by atoms with Crippen LogP contribution in [0.25, 0.3) is 0 Å². The summed E-state index contributed by atoms with van der Waals surface area (Å²) in [4.78, 5) is 11.8. The second-order valence-electron chi connectivity index (χ2n) is 3.91. The number of rotatable bonds is 9. The van der Waals surface area contributed by atoms with Crippen LogP contribution in [0.5, 0.6) is 5.75 Å². The van der Waals surface area contributed by atoms with E-state index in [1.54, 1.807) is 7.11 Å². The van der Waals surface area contributed by atoms with Gasteiger partial charge in [0.25, 0.3) is 5.91 Å². The van der Waals surface area contributed by atoms with Gasteiger partial charge in [-0.2, -0.15) is 8.78 Å². The summed E-state index contributed by atoms with van der Waals surface area (Å²) in [6.45, 7) is -0.575. The van der Waals surface area contributed by atoms with Gasteiger partial charge in [0.05, 0.1) is 6.61 Å². The molecule has 0 radical (unpaired) electrons. The summed E-state index contributed by atoms with van der Waals surface area (Å²) in [5, 5.41) is 5.74. The van der Waals surface area contributed by atoms with Crippen LogP contribution in [0.2, 0.25) is 0 Å². The van der Waals surface area contributed by atoms with Gasteiger partial charge in [-0.1, -0.05) is 6.07 Å². The van der Waals surface area contributed by atoms with E-state index in [0.29, 0.717) is 26.2 Å². The number of nitrogens with one attached hydrogen (secondary N) is 2. The molecule has 0 atom stereocenters. The summed E-state index contributed by atoms with van der Waals surface area (Å²) in [7, 11) is 1.61. The van der Waals surface area contributed by atoms with Crippen LogP contribution in [0.15, 0.2) is 24.3 Å². The third-order valence-corrected chi connectivity index (χ3v) is 2.39. The van der Waals surface area contributed by atoms with Gasteiger partial charge in [0.15, 0.2) is 0 Å². The predicted molar refractivity (Wildman–Crippen MR) is 70.2 cm³/mol. The molecular formula is C13H18F2N2O3. The maximum Gasteiger partial charge on any atom is 0.387 e. The van der Waals surface area contributed by atoms with E-state index in [4.69, 9.17) is 4.74 Å². The number of hydrogen-bond donors (Lipinski definition) is 2. The second kappa shape index (κ2) is 9.22. The number of methoxy groups -OCH3 is 1. The van der Waals surface area contributed by atoms with E-state index in [1.165, 1.54) is 24.3 Å². The first-order valence-electron chi connectivity index (χ1n) is 6.16. The van der Waals surface area contributed by atoms with E-state index < -0.39 is 6.61 Å². The number of amides is 1. The van der Waals surface area contributed by atoms with Crippen LogP contribution in [0.3, 0.4) is 0 Å². The van der Waals surface area contributed by atoms with Crippen molar-refractivity contribution in [1.82, 2.24) is 10.6 Å². The largest absolute Gasteiger partial charge is 0.435 e. The summed E-state index contributed by atoms with van der Waals surface area (Å²) >= 11 is 0. The molecule has 0 spiro atoms. The lowest BCUT2D eigenvalue weighted by Gasteiger charge is -2.08. The molecule has 0 bridgehead atoms. The topological polar surface area (TPSA) is 59.6 Å². The number of carbonyl (C=O) groups excluding carboxylic acids is 1. The Morgan fingerprint density at radius 2 is 2.10 bits per heavy atom. The predicted octanol–water partition coefficient (Wildman–Crippen LogP) is 1.25. The third kappa shape index (κ3) is 6.44. The summed E-state index contributed by atoms with van der Waals surface area (Å²) in [5.41, 5.74) is 0.278. The number of carbonyl (C=O) groups is 1. The molecule has 0 aliphatic heterocycles. The normalized spacial score (nSPS) is 10.6. The fourth-order valence-electron chi connectivity index (χ4n) is 1.48. The quantitative estimate of drug-likeness (QED) is 0.672. The second-order valence-corrected chi connectivity index (χ2v) is 3.91. The molecule has 1 aromatic rings. The average molecular weight is 288 g/mol. The van der Waals surface area contributed by atoms with Crippen LogP contribution < -0.4 is 15.4 Å². The van der Waals surface area contributed by atoms with E-state index in [-0.39, 0.29) is 17.2 Å². The van der Waals surface area contributed by atoms with Crippen LogP contribution in [0.1, 0.15) is 10.4 Å². The Labute approximate surface area is 116 Å². The zero-order valence-corrected chi connectivity index (χ0v) is 11.2. The summed E-state index contributed by atoms with van der Waals surface area (Å²) < 4.78 is 33.2. The Kier molecular flexibility index (Phi) is 7.52. The van der Waals surface area contributed by atoms with Crippen LogP contribution in [-0.2, 0) is 4.74 Å². The van der Waals surface area contributed by atoms with Gasteiger partial charge in [-0.3, -0.25) is 4.79 Å². The highest BCUT2D eigenvalue weighted by atomic mass is 19.3. The van der Waals surface area contributed by atoms with E-state index in [9.17, 15) is 13.6 Å². The summed E-state index contributed by atoms with van der Waals surface area (Å²) in [5.74, 6) is -0.371. The Hall–Kier alpha value is -1.73. The molecule has 112 valence electrons. The van der Waals surface area contributed by atoms with E-state index in [0.717, 1.165) is 0 Å². The molecule has 2 N–H and O–H groups in total. The fraction of sp³-hybridized carbons (Fsp3) is 0.462. The molecule has 0 unspecified atom stereocenters. The number of alkyl halides is 2. The van der Waals surface area contributed by atoms with Gasteiger partial charge < -0.3 is 20.1 Å². The lowest BCUT2D eigenvalue weighted by atomic mass is 10.2. The van der Waals surface area contributed by atoms with Gasteiger partial charge in [-0.15, -0.1) is 0 Å². The first-order valence-corrected chi connectivity index (χ1v) is 6.16. The van der Waals surface area contributed by atoms with Crippen molar-refractivity contribution in [2.24, 2.45) is 0 Å². The Morgan fingerprint density at radius 1 is 1.30 bits per heavy atom. The molecule has 5 nitrogen and oxygen atoms in total. The lowest BCUT2D eigenvalue weighted by molar-refractivity contribution is -0.0498. The number of hydrogen-bond acceptors (Lipinski definition) is 4. The molecule has 0 aromatic heterocycles. The van der Waals surface area contributed by atoms with Crippen molar-refractivity contribution in [3.05, 3.63) is 29.8 Å². The van der Waals surface area contributed by atoms with Crippen molar-refractivity contribution in [2.75, 3.05) is 33.4 Å². The van der Waals surface area contributed by atoms with Gasteiger partial charge in [-0.25, -0.2) is 0 Å². The molecule has 0 saturated heterocycles. The number of halogens is 2. The highest BCUT2D eigenvalue weighted by Gasteiger charge is 2.08. The molecule has 1 amide bonds. The van der Waals surface area contributed by atoms with Gasteiger partial charge >= 0.3 is 6.61 Å². The molecule has 0 saturated carbocycles. The highest BCUT2D eigenvalue weighted by molar-refractivity contribution is 5.94. The summed E-state index contributed by atoms with van der Waals surface area (Å²) in [6.07, 6.45) is 0. The molecule has 1 aromatic carbocycles.